The van der Waals surface area contributed by atoms with Crippen molar-refractivity contribution in [1.29, 1.82) is 0 Å². The first-order chi connectivity index (χ1) is 9.79. The van der Waals surface area contributed by atoms with Crippen LogP contribution in [0.5, 0.6) is 0 Å². The molecule has 0 fully saturated rings. The monoisotopic (exact) mass is 319 g/mol. The second kappa shape index (κ2) is 5.65. The number of benzene rings is 1. The maximum atomic E-state index is 13.8. The Morgan fingerprint density at radius 3 is 2.57 bits per heavy atom. The van der Waals surface area contributed by atoms with Crippen molar-refractivity contribution in [3.63, 3.8) is 0 Å². The number of nitrogens with one attached hydrogen (secondary N) is 1. The highest BCUT2D eigenvalue weighted by molar-refractivity contribution is 6.28. The van der Waals surface area contributed by atoms with E-state index in [1.807, 2.05) is 0 Å². The molecular formula is C12H6ClF4N3O. The van der Waals surface area contributed by atoms with Crippen LogP contribution in [0.25, 0.3) is 0 Å². The lowest BCUT2D eigenvalue weighted by Gasteiger charge is -2.11. The molecule has 1 aromatic carbocycles. The number of anilines is 1. The highest BCUT2D eigenvalue weighted by atomic mass is 35.5. The molecule has 21 heavy (non-hydrogen) atoms. The molecule has 1 N–H and O–H groups in total. The van der Waals surface area contributed by atoms with Crippen LogP contribution in [0, 0.1) is 5.82 Å². The van der Waals surface area contributed by atoms with Gasteiger partial charge in [0.25, 0.3) is 5.91 Å². The molecular weight excluding hydrogens is 314 g/mol. The van der Waals surface area contributed by atoms with E-state index in [1.54, 1.807) is 0 Å². The number of hydrogen-bond acceptors (Lipinski definition) is 3. The molecule has 0 saturated carbocycles. The zero-order valence-corrected chi connectivity index (χ0v) is 10.8. The highest BCUT2D eigenvalue weighted by Gasteiger charge is 2.35. The van der Waals surface area contributed by atoms with Crippen molar-refractivity contribution in [3.8, 4) is 0 Å². The fourth-order valence-electron chi connectivity index (χ4n) is 1.51. The van der Waals surface area contributed by atoms with E-state index in [2.05, 4.69) is 15.3 Å². The summed E-state index contributed by atoms with van der Waals surface area (Å²) in [6.07, 6.45) is -3.66. The lowest BCUT2D eigenvalue weighted by Crippen LogP contribution is -2.18. The predicted molar refractivity (Wildman–Crippen MR) is 66.4 cm³/mol. The number of carbonyl (C=O) groups excluding carboxylic acids is 1. The summed E-state index contributed by atoms with van der Waals surface area (Å²) < 4.78 is 51.4. The second-order valence-corrected chi connectivity index (χ2v) is 4.17. The van der Waals surface area contributed by atoms with Gasteiger partial charge in [-0.15, -0.1) is 0 Å². The van der Waals surface area contributed by atoms with Crippen molar-refractivity contribution in [3.05, 3.63) is 52.7 Å². The Balaban J connectivity index is 2.32. The smallest absolute Gasteiger partial charge is 0.306 e. The second-order valence-electron chi connectivity index (χ2n) is 3.83. The molecule has 0 unspecified atom stereocenters. The van der Waals surface area contributed by atoms with Gasteiger partial charge < -0.3 is 5.32 Å². The molecule has 0 saturated heterocycles. The number of halogens is 5. The summed E-state index contributed by atoms with van der Waals surface area (Å²) in [4.78, 5) is 19.0. The van der Waals surface area contributed by atoms with Gasteiger partial charge in [-0.2, -0.15) is 13.2 Å². The van der Waals surface area contributed by atoms with Crippen LogP contribution in [-0.4, -0.2) is 15.9 Å². The van der Waals surface area contributed by atoms with Crippen LogP contribution in [-0.2, 0) is 6.18 Å². The third kappa shape index (κ3) is 3.46. The van der Waals surface area contributed by atoms with Gasteiger partial charge in [0.15, 0.2) is 0 Å². The molecule has 2 aromatic rings. The van der Waals surface area contributed by atoms with Gasteiger partial charge in [0, 0.05) is 6.20 Å². The minimum Gasteiger partial charge on any atom is -0.306 e. The van der Waals surface area contributed by atoms with Gasteiger partial charge in [0.1, 0.15) is 11.6 Å². The third-order valence-electron chi connectivity index (χ3n) is 2.42. The van der Waals surface area contributed by atoms with E-state index < -0.39 is 29.0 Å². The first-order valence-corrected chi connectivity index (χ1v) is 5.82. The molecule has 0 atom stereocenters. The summed E-state index contributed by atoms with van der Waals surface area (Å²) in [5.74, 6) is -2.78. The van der Waals surface area contributed by atoms with Crippen LogP contribution in [0.3, 0.4) is 0 Å². The Kier molecular flexibility index (Phi) is 4.08. The first kappa shape index (κ1) is 15.2. The summed E-state index contributed by atoms with van der Waals surface area (Å²) in [6, 6.07) is 3.68. The number of hydrogen-bond donors (Lipinski definition) is 1. The van der Waals surface area contributed by atoms with Gasteiger partial charge in [-0.3, -0.25) is 4.79 Å². The number of amides is 1. The molecule has 4 nitrogen and oxygen atoms in total. The largest absolute Gasteiger partial charge is 0.419 e. The van der Waals surface area contributed by atoms with E-state index in [1.165, 1.54) is 12.3 Å². The molecule has 1 amide bonds. The van der Waals surface area contributed by atoms with E-state index >= 15 is 0 Å². The van der Waals surface area contributed by atoms with Crippen LogP contribution in [0.4, 0.5) is 23.4 Å². The number of nitrogens with zero attached hydrogens (tertiary/aromatic N) is 2. The SMILES string of the molecule is O=C(Nc1ccnc(Cl)n1)c1cccc(C(F)(F)F)c1F. The highest BCUT2D eigenvalue weighted by Crippen LogP contribution is 2.32. The van der Waals surface area contributed by atoms with Gasteiger partial charge >= 0.3 is 6.18 Å². The standard InChI is InChI=1S/C12H6ClF4N3O/c13-11-18-5-4-8(20-11)19-10(21)6-2-1-3-7(9(6)14)12(15,16)17/h1-5H,(H,18,19,20,21). The van der Waals surface area contributed by atoms with Crippen LogP contribution in [0.2, 0.25) is 5.28 Å². The Morgan fingerprint density at radius 2 is 1.95 bits per heavy atom. The molecule has 9 heteroatoms. The average molecular weight is 320 g/mol. The Bertz CT molecular complexity index is 690. The van der Waals surface area contributed by atoms with Gasteiger partial charge in [-0.1, -0.05) is 6.07 Å². The minimum atomic E-state index is -4.89. The van der Waals surface area contributed by atoms with Crippen molar-refractivity contribution in [2.45, 2.75) is 6.18 Å². The van der Waals surface area contributed by atoms with E-state index in [0.717, 1.165) is 12.1 Å². The van der Waals surface area contributed by atoms with Crippen molar-refractivity contribution < 1.29 is 22.4 Å². The molecule has 0 spiro atoms. The van der Waals surface area contributed by atoms with Gasteiger partial charge in [-0.05, 0) is 29.8 Å². The molecule has 1 aromatic heterocycles. The summed E-state index contributed by atoms with van der Waals surface area (Å²) in [7, 11) is 0. The molecule has 0 bridgehead atoms. The van der Waals surface area contributed by atoms with Gasteiger partial charge in [0.2, 0.25) is 5.28 Å². The van der Waals surface area contributed by atoms with Crippen molar-refractivity contribution in [1.82, 2.24) is 9.97 Å². The number of rotatable bonds is 2. The van der Waals surface area contributed by atoms with E-state index in [0.29, 0.717) is 6.07 Å². The zero-order valence-electron chi connectivity index (χ0n) is 10.1. The topological polar surface area (TPSA) is 54.9 Å². The van der Waals surface area contributed by atoms with Crippen molar-refractivity contribution >= 4 is 23.3 Å². The fraction of sp³-hybridized carbons (Fsp3) is 0.0833. The van der Waals surface area contributed by atoms with E-state index in [-0.39, 0.29) is 11.1 Å². The molecule has 1 heterocycles. The van der Waals surface area contributed by atoms with Gasteiger partial charge in [0.05, 0.1) is 11.1 Å². The molecule has 0 aliphatic heterocycles. The normalized spacial score (nSPS) is 11.3. The van der Waals surface area contributed by atoms with Crippen LogP contribution < -0.4 is 5.32 Å². The molecule has 0 aliphatic rings. The number of carbonyl (C=O) groups is 1. The summed E-state index contributed by atoms with van der Waals surface area (Å²) >= 11 is 5.49. The minimum absolute atomic E-state index is 0.0585. The van der Waals surface area contributed by atoms with Crippen LogP contribution in [0.1, 0.15) is 15.9 Å². The third-order valence-corrected chi connectivity index (χ3v) is 2.60. The molecule has 0 aliphatic carbocycles. The quantitative estimate of drug-likeness (QED) is 0.680. The van der Waals surface area contributed by atoms with Crippen LogP contribution >= 0.6 is 11.6 Å². The van der Waals surface area contributed by atoms with E-state index in [4.69, 9.17) is 11.6 Å². The maximum Gasteiger partial charge on any atom is 0.419 e. The zero-order chi connectivity index (χ0) is 15.6. The number of alkyl halides is 3. The Hall–Kier alpha value is -2.22. The lowest BCUT2D eigenvalue weighted by molar-refractivity contribution is -0.140. The number of aromatic nitrogens is 2. The van der Waals surface area contributed by atoms with E-state index in [9.17, 15) is 22.4 Å². The van der Waals surface area contributed by atoms with Crippen LogP contribution in [0.15, 0.2) is 30.5 Å². The van der Waals surface area contributed by atoms with Crippen molar-refractivity contribution in [2.75, 3.05) is 5.32 Å². The summed E-state index contributed by atoms with van der Waals surface area (Å²) in [5, 5.41) is 1.97. The average Bonchev–Trinajstić information content (AvgIpc) is 2.37. The summed E-state index contributed by atoms with van der Waals surface area (Å²) in [5.41, 5.74) is -2.27. The molecule has 0 radical (unpaired) electrons. The maximum absolute atomic E-state index is 13.8. The summed E-state index contributed by atoms with van der Waals surface area (Å²) in [6.45, 7) is 0. The molecule has 110 valence electrons. The van der Waals surface area contributed by atoms with Gasteiger partial charge in [-0.25, -0.2) is 14.4 Å². The lowest BCUT2D eigenvalue weighted by atomic mass is 10.1. The Labute approximate surface area is 120 Å². The fourth-order valence-corrected chi connectivity index (χ4v) is 1.66. The predicted octanol–water partition coefficient (Wildman–Crippen LogP) is 3.54. The first-order valence-electron chi connectivity index (χ1n) is 5.44. The molecule has 2 rings (SSSR count). The van der Waals surface area contributed by atoms with Crippen molar-refractivity contribution in [2.24, 2.45) is 0 Å². The Morgan fingerprint density at radius 1 is 1.24 bits per heavy atom.